The van der Waals surface area contributed by atoms with Gasteiger partial charge in [0.05, 0.1) is 18.8 Å². The molecule has 0 spiro atoms. The number of aliphatic hydroxyl groups is 1. The van der Waals surface area contributed by atoms with Gasteiger partial charge in [-0.25, -0.2) is 0 Å². The predicted molar refractivity (Wildman–Crippen MR) is 77.7 cm³/mol. The smallest absolute Gasteiger partial charge is 0.220 e. The minimum absolute atomic E-state index is 0.0183. The van der Waals surface area contributed by atoms with Gasteiger partial charge in [0.15, 0.2) is 0 Å². The van der Waals surface area contributed by atoms with Gasteiger partial charge in [-0.15, -0.1) is 0 Å². The summed E-state index contributed by atoms with van der Waals surface area (Å²) in [6.07, 6.45) is 1.58. The average molecular weight is 277 g/mol. The Morgan fingerprint density at radius 3 is 2.95 bits per heavy atom. The number of benzene rings is 1. The first-order valence-corrected chi connectivity index (χ1v) is 7.27. The van der Waals surface area contributed by atoms with Crippen LogP contribution in [0.1, 0.15) is 61.9 Å². The number of carbonyl (C=O) groups excluding carboxylic acids is 1. The standard InChI is InChI=1S/C16H23NO3/c1-4-5-15(19)17-14-6-7-20-16-12(11(3)18)8-10(2)9-13(14)16/h8-9,11,14,18H,4-7H2,1-3H3,(H,17,19). The van der Waals surface area contributed by atoms with E-state index >= 15 is 0 Å². The summed E-state index contributed by atoms with van der Waals surface area (Å²) in [6.45, 7) is 6.28. The first-order chi connectivity index (χ1) is 9.52. The Labute approximate surface area is 120 Å². The second-order valence-corrected chi connectivity index (χ2v) is 5.46. The van der Waals surface area contributed by atoms with Crippen LogP contribution < -0.4 is 10.1 Å². The van der Waals surface area contributed by atoms with E-state index in [9.17, 15) is 9.90 Å². The van der Waals surface area contributed by atoms with E-state index in [1.54, 1.807) is 6.92 Å². The monoisotopic (exact) mass is 277 g/mol. The molecule has 2 unspecified atom stereocenters. The fraction of sp³-hybridized carbons (Fsp3) is 0.562. The van der Waals surface area contributed by atoms with E-state index in [0.29, 0.717) is 13.0 Å². The fourth-order valence-electron chi connectivity index (χ4n) is 2.64. The quantitative estimate of drug-likeness (QED) is 0.889. The van der Waals surface area contributed by atoms with Gasteiger partial charge in [0.25, 0.3) is 0 Å². The minimum atomic E-state index is -0.575. The number of rotatable bonds is 4. The highest BCUT2D eigenvalue weighted by Crippen LogP contribution is 2.38. The van der Waals surface area contributed by atoms with Gasteiger partial charge in [-0.05, 0) is 26.3 Å². The summed E-state index contributed by atoms with van der Waals surface area (Å²) in [6, 6.07) is 3.96. The SMILES string of the molecule is CCCC(=O)NC1CCOc2c(C(C)O)cc(C)cc21. The Hall–Kier alpha value is -1.55. The largest absolute Gasteiger partial charge is 0.493 e. The first kappa shape index (κ1) is 14.9. The van der Waals surface area contributed by atoms with E-state index in [-0.39, 0.29) is 11.9 Å². The van der Waals surface area contributed by atoms with Crippen molar-refractivity contribution < 1.29 is 14.6 Å². The van der Waals surface area contributed by atoms with E-state index < -0.39 is 6.10 Å². The van der Waals surface area contributed by atoms with E-state index in [4.69, 9.17) is 4.74 Å². The van der Waals surface area contributed by atoms with Crippen molar-refractivity contribution in [2.75, 3.05) is 6.61 Å². The van der Waals surface area contributed by atoms with Crippen LogP contribution >= 0.6 is 0 Å². The van der Waals surface area contributed by atoms with Crippen LogP contribution in [0.2, 0.25) is 0 Å². The van der Waals surface area contributed by atoms with E-state index in [1.165, 1.54) is 0 Å². The lowest BCUT2D eigenvalue weighted by Gasteiger charge is -2.29. The molecule has 4 nitrogen and oxygen atoms in total. The maximum absolute atomic E-state index is 11.8. The molecule has 1 aromatic rings. The molecule has 4 heteroatoms. The van der Waals surface area contributed by atoms with Crippen LogP contribution in [-0.2, 0) is 4.79 Å². The number of aryl methyl sites for hydroxylation is 1. The van der Waals surface area contributed by atoms with Crippen LogP contribution in [0.3, 0.4) is 0 Å². The summed E-state index contributed by atoms with van der Waals surface area (Å²) in [4.78, 5) is 11.8. The third-order valence-corrected chi connectivity index (χ3v) is 3.58. The van der Waals surface area contributed by atoms with Crippen LogP contribution in [0.15, 0.2) is 12.1 Å². The molecule has 1 aliphatic heterocycles. The molecule has 0 aromatic heterocycles. The van der Waals surface area contributed by atoms with Crippen molar-refractivity contribution in [3.05, 3.63) is 28.8 Å². The Morgan fingerprint density at radius 1 is 1.55 bits per heavy atom. The highest BCUT2D eigenvalue weighted by Gasteiger charge is 2.26. The molecule has 2 rings (SSSR count). The topological polar surface area (TPSA) is 58.6 Å². The summed E-state index contributed by atoms with van der Waals surface area (Å²) in [5, 5.41) is 13.0. The van der Waals surface area contributed by atoms with Gasteiger partial charge in [0, 0.05) is 24.0 Å². The van der Waals surface area contributed by atoms with Gasteiger partial charge in [0.2, 0.25) is 5.91 Å². The Balaban J connectivity index is 2.32. The van der Waals surface area contributed by atoms with Crippen molar-refractivity contribution >= 4 is 5.91 Å². The summed E-state index contributed by atoms with van der Waals surface area (Å²) in [5.74, 6) is 0.809. The van der Waals surface area contributed by atoms with Gasteiger partial charge in [-0.1, -0.05) is 18.6 Å². The molecule has 2 atom stereocenters. The lowest BCUT2D eigenvalue weighted by atomic mass is 9.93. The second-order valence-electron chi connectivity index (χ2n) is 5.46. The molecule has 1 amide bonds. The summed E-state index contributed by atoms with van der Waals surface area (Å²) in [7, 11) is 0. The van der Waals surface area contributed by atoms with Crippen LogP contribution in [0.25, 0.3) is 0 Å². The van der Waals surface area contributed by atoms with Crippen molar-refractivity contribution in [2.45, 2.75) is 52.2 Å². The number of aliphatic hydroxyl groups excluding tert-OH is 1. The molecule has 110 valence electrons. The van der Waals surface area contributed by atoms with Gasteiger partial charge in [-0.3, -0.25) is 4.79 Å². The molecule has 0 bridgehead atoms. The molecule has 0 radical (unpaired) electrons. The first-order valence-electron chi connectivity index (χ1n) is 7.27. The number of ether oxygens (including phenoxy) is 1. The molecule has 2 N–H and O–H groups in total. The van der Waals surface area contributed by atoms with Gasteiger partial charge >= 0.3 is 0 Å². The maximum Gasteiger partial charge on any atom is 0.220 e. The second kappa shape index (κ2) is 6.27. The summed E-state index contributed by atoms with van der Waals surface area (Å²) >= 11 is 0. The Kier molecular flexibility index (Phi) is 4.65. The van der Waals surface area contributed by atoms with Crippen molar-refractivity contribution in [3.8, 4) is 5.75 Å². The fourth-order valence-corrected chi connectivity index (χ4v) is 2.64. The number of fused-ring (bicyclic) bond motifs is 1. The number of hydrogen-bond acceptors (Lipinski definition) is 3. The normalized spacial score (nSPS) is 18.9. The van der Waals surface area contributed by atoms with Gasteiger partial charge in [0.1, 0.15) is 5.75 Å². The molecule has 0 saturated carbocycles. The molecular formula is C16H23NO3. The van der Waals surface area contributed by atoms with Crippen molar-refractivity contribution in [2.24, 2.45) is 0 Å². The van der Waals surface area contributed by atoms with Crippen LogP contribution in [-0.4, -0.2) is 17.6 Å². The summed E-state index contributed by atoms with van der Waals surface area (Å²) < 4.78 is 5.73. The lowest BCUT2D eigenvalue weighted by molar-refractivity contribution is -0.122. The molecule has 1 aliphatic rings. The van der Waals surface area contributed by atoms with Gasteiger partial charge < -0.3 is 15.2 Å². The van der Waals surface area contributed by atoms with E-state index in [0.717, 1.165) is 35.3 Å². The Bertz CT molecular complexity index is 497. The lowest BCUT2D eigenvalue weighted by Crippen LogP contribution is -2.32. The highest BCUT2D eigenvalue weighted by atomic mass is 16.5. The summed E-state index contributed by atoms with van der Waals surface area (Å²) in [5.41, 5.74) is 2.85. The molecular weight excluding hydrogens is 254 g/mol. The zero-order chi connectivity index (χ0) is 14.7. The zero-order valence-electron chi connectivity index (χ0n) is 12.4. The van der Waals surface area contributed by atoms with E-state index in [2.05, 4.69) is 5.32 Å². The zero-order valence-corrected chi connectivity index (χ0v) is 12.4. The number of carbonyl (C=O) groups is 1. The van der Waals surface area contributed by atoms with Crippen molar-refractivity contribution in [1.29, 1.82) is 0 Å². The molecule has 0 fully saturated rings. The molecule has 0 saturated heterocycles. The maximum atomic E-state index is 11.8. The third-order valence-electron chi connectivity index (χ3n) is 3.58. The van der Waals surface area contributed by atoms with Crippen molar-refractivity contribution in [1.82, 2.24) is 5.32 Å². The number of amides is 1. The van der Waals surface area contributed by atoms with E-state index in [1.807, 2.05) is 26.0 Å². The average Bonchev–Trinajstić information content (AvgIpc) is 2.38. The Morgan fingerprint density at radius 2 is 2.30 bits per heavy atom. The number of nitrogens with one attached hydrogen (secondary N) is 1. The molecule has 0 aliphatic carbocycles. The van der Waals surface area contributed by atoms with Crippen LogP contribution in [0, 0.1) is 6.92 Å². The van der Waals surface area contributed by atoms with Crippen LogP contribution in [0.4, 0.5) is 0 Å². The molecule has 20 heavy (non-hydrogen) atoms. The third kappa shape index (κ3) is 3.12. The minimum Gasteiger partial charge on any atom is -0.493 e. The molecule has 1 aromatic carbocycles. The van der Waals surface area contributed by atoms with Crippen LogP contribution in [0.5, 0.6) is 5.75 Å². The molecule has 1 heterocycles. The highest BCUT2D eigenvalue weighted by molar-refractivity contribution is 5.76. The van der Waals surface area contributed by atoms with Gasteiger partial charge in [-0.2, -0.15) is 0 Å². The van der Waals surface area contributed by atoms with Crippen molar-refractivity contribution in [3.63, 3.8) is 0 Å². The predicted octanol–water partition coefficient (Wildman–Crippen LogP) is 2.79. The number of hydrogen-bond donors (Lipinski definition) is 2.